The van der Waals surface area contributed by atoms with Gasteiger partial charge in [0.25, 0.3) is 11.5 Å². The van der Waals surface area contributed by atoms with Gasteiger partial charge < -0.3 is 14.8 Å². The second-order valence-corrected chi connectivity index (χ2v) is 8.50. The molecule has 0 unspecified atom stereocenters. The molecular formula is C21H25N5O2S. The molecule has 0 aromatic carbocycles. The van der Waals surface area contributed by atoms with Crippen LogP contribution in [0.15, 0.2) is 29.5 Å². The van der Waals surface area contributed by atoms with Crippen molar-refractivity contribution in [1.29, 1.82) is 0 Å². The summed E-state index contributed by atoms with van der Waals surface area (Å²) in [5.74, 6) is 0.796. The predicted octanol–water partition coefficient (Wildman–Crippen LogP) is 3.01. The maximum absolute atomic E-state index is 12.8. The van der Waals surface area contributed by atoms with E-state index < -0.39 is 0 Å². The van der Waals surface area contributed by atoms with E-state index in [1.54, 1.807) is 20.2 Å². The summed E-state index contributed by atoms with van der Waals surface area (Å²) in [5.41, 5.74) is 1.58. The molecule has 3 aromatic heterocycles. The van der Waals surface area contributed by atoms with Crippen molar-refractivity contribution in [3.05, 3.63) is 51.0 Å². The van der Waals surface area contributed by atoms with Crippen molar-refractivity contribution >= 4 is 33.3 Å². The Morgan fingerprint density at radius 2 is 1.97 bits per heavy atom. The minimum atomic E-state index is -0.180. The Balaban J connectivity index is 1.49. The van der Waals surface area contributed by atoms with Gasteiger partial charge >= 0.3 is 0 Å². The van der Waals surface area contributed by atoms with Crippen molar-refractivity contribution in [2.24, 2.45) is 7.05 Å². The third kappa shape index (κ3) is 4.03. The number of thiophene rings is 1. The third-order valence-electron chi connectivity index (χ3n) is 5.41. The maximum atomic E-state index is 12.8. The number of nitrogens with one attached hydrogen (secondary N) is 1. The summed E-state index contributed by atoms with van der Waals surface area (Å²) >= 11 is 1.26. The zero-order valence-electron chi connectivity index (χ0n) is 16.8. The molecule has 0 aliphatic carbocycles. The van der Waals surface area contributed by atoms with Crippen LogP contribution >= 0.6 is 11.3 Å². The summed E-state index contributed by atoms with van der Waals surface area (Å²) < 4.78 is 1.44. The van der Waals surface area contributed by atoms with Crippen molar-refractivity contribution in [3.63, 3.8) is 0 Å². The van der Waals surface area contributed by atoms with E-state index in [1.165, 1.54) is 47.9 Å². The summed E-state index contributed by atoms with van der Waals surface area (Å²) in [4.78, 5) is 37.4. The molecule has 1 N–H and O–H groups in total. The molecule has 3 aromatic rings. The second kappa shape index (κ2) is 8.32. The van der Waals surface area contributed by atoms with Gasteiger partial charge in [-0.3, -0.25) is 9.59 Å². The van der Waals surface area contributed by atoms with E-state index in [-0.39, 0.29) is 11.5 Å². The summed E-state index contributed by atoms with van der Waals surface area (Å²) in [7, 11) is 1.66. The van der Waals surface area contributed by atoms with Crippen LogP contribution in [-0.2, 0) is 13.6 Å². The predicted molar refractivity (Wildman–Crippen MR) is 116 cm³/mol. The minimum absolute atomic E-state index is 0.126. The fourth-order valence-corrected chi connectivity index (χ4v) is 4.79. The first-order chi connectivity index (χ1) is 14.0. The lowest BCUT2D eigenvalue weighted by Crippen LogP contribution is -2.26. The lowest BCUT2D eigenvalue weighted by molar-refractivity contribution is 0.0954. The molecule has 1 amide bonds. The smallest absolute Gasteiger partial charge is 0.262 e. The van der Waals surface area contributed by atoms with Gasteiger partial charge in [-0.2, -0.15) is 0 Å². The van der Waals surface area contributed by atoms with Crippen LogP contribution in [0.4, 0.5) is 5.82 Å². The van der Waals surface area contributed by atoms with Crippen LogP contribution in [0, 0.1) is 6.92 Å². The van der Waals surface area contributed by atoms with Crippen molar-refractivity contribution < 1.29 is 4.79 Å². The number of carbonyl (C=O) groups is 1. The molecule has 0 spiro atoms. The van der Waals surface area contributed by atoms with Gasteiger partial charge in [0.05, 0.1) is 16.6 Å². The minimum Gasteiger partial charge on any atom is -0.357 e. The van der Waals surface area contributed by atoms with Gasteiger partial charge in [0.15, 0.2) is 0 Å². The van der Waals surface area contributed by atoms with E-state index in [0.29, 0.717) is 27.2 Å². The van der Waals surface area contributed by atoms with E-state index in [1.807, 2.05) is 6.07 Å². The molecule has 4 rings (SSSR count). The number of aryl methyl sites for hydroxylation is 2. The van der Waals surface area contributed by atoms with Crippen molar-refractivity contribution in [3.8, 4) is 0 Å². The number of amides is 1. The van der Waals surface area contributed by atoms with Crippen LogP contribution in [-0.4, -0.2) is 33.5 Å². The van der Waals surface area contributed by atoms with Crippen LogP contribution in [0.25, 0.3) is 10.2 Å². The molecule has 0 radical (unpaired) electrons. The lowest BCUT2D eigenvalue weighted by Gasteiger charge is -2.21. The highest BCUT2D eigenvalue weighted by molar-refractivity contribution is 7.20. The number of hydrogen-bond acceptors (Lipinski definition) is 6. The number of hydrogen-bond donors (Lipinski definition) is 1. The summed E-state index contributed by atoms with van der Waals surface area (Å²) in [5, 5.41) is 3.51. The Labute approximate surface area is 173 Å². The molecule has 1 aliphatic heterocycles. The van der Waals surface area contributed by atoms with Gasteiger partial charge in [-0.1, -0.05) is 12.8 Å². The largest absolute Gasteiger partial charge is 0.357 e. The third-order valence-corrected chi connectivity index (χ3v) is 6.61. The lowest BCUT2D eigenvalue weighted by atomic mass is 10.2. The second-order valence-electron chi connectivity index (χ2n) is 7.50. The zero-order valence-corrected chi connectivity index (χ0v) is 17.6. The van der Waals surface area contributed by atoms with E-state index in [2.05, 4.69) is 26.3 Å². The van der Waals surface area contributed by atoms with Crippen molar-refractivity contribution in [2.75, 3.05) is 18.0 Å². The molecule has 4 heterocycles. The van der Waals surface area contributed by atoms with Crippen molar-refractivity contribution in [2.45, 2.75) is 39.2 Å². The number of pyridine rings is 1. The number of fused-ring (bicyclic) bond motifs is 1. The number of rotatable bonds is 4. The first kappa shape index (κ1) is 19.6. The molecule has 1 fully saturated rings. The molecule has 0 atom stereocenters. The van der Waals surface area contributed by atoms with E-state index >= 15 is 0 Å². The van der Waals surface area contributed by atoms with Gasteiger partial charge in [0, 0.05) is 32.9 Å². The normalized spacial score (nSPS) is 14.8. The molecule has 0 bridgehead atoms. The van der Waals surface area contributed by atoms with Gasteiger partial charge in [0.1, 0.15) is 10.6 Å². The average molecular weight is 412 g/mol. The highest BCUT2D eigenvalue weighted by atomic mass is 32.1. The molecule has 152 valence electrons. The van der Waals surface area contributed by atoms with Gasteiger partial charge in [-0.05, 0) is 43.0 Å². The Morgan fingerprint density at radius 1 is 1.21 bits per heavy atom. The Hall–Kier alpha value is -2.74. The van der Waals surface area contributed by atoms with Crippen molar-refractivity contribution in [1.82, 2.24) is 19.9 Å². The van der Waals surface area contributed by atoms with Crippen LogP contribution in [0.1, 0.15) is 46.5 Å². The molecule has 0 saturated carbocycles. The highest BCUT2D eigenvalue weighted by Gasteiger charge is 2.19. The first-order valence-corrected chi connectivity index (χ1v) is 10.8. The zero-order chi connectivity index (χ0) is 20.4. The van der Waals surface area contributed by atoms with E-state index in [0.717, 1.165) is 24.5 Å². The average Bonchev–Trinajstić information content (AvgIpc) is 2.90. The molecule has 7 nitrogen and oxygen atoms in total. The quantitative estimate of drug-likeness (QED) is 0.714. The summed E-state index contributed by atoms with van der Waals surface area (Å²) in [6.07, 6.45) is 8.24. The fourth-order valence-electron chi connectivity index (χ4n) is 3.73. The van der Waals surface area contributed by atoms with Crippen LogP contribution in [0.5, 0.6) is 0 Å². The standard InChI is InChI=1S/C21H25N5O2S/c1-14-17-20(24-13-25(2)21(17)28)29-18(14)19(27)23-12-15-7-8-22-16(11-15)26-9-5-3-4-6-10-26/h7-8,11,13H,3-6,9-10,12H2,1-2H3,(H,23,27). The van der Waals surface area contributed by atoms with Crippen LogP contribution in [0.2, 0.25) is 0 Å². The Kier molecular flexibility index (Phi) is 5.62. The maximum Gasteiger partial charge on any atom is 0.262 e. The molecular weight excluding hydrogens is 386 g/mol. The number of nitrogens with zero attached hydrogens (tertiary/aromatic N) is 4. The number of aromatic nitrogens is 3. The fraction of sp³-hybridized carbons (Fsp3) is 0.429. The summed E-state index contributed by atoms with van der Waals surface area (Å²) in [6.45, 7) is 4.29. The van der Waals surface area contributed by atoms with Gasteiger partial charge in [-0.15, -0.1) is 11.3 Å². The Morgan fingerprint density at radius 3 is 2.72 bits per heavy atom. The topological polar surface area (TPSA) is 80.1 Å². The molecule has 1 saturated heterocycles. The van der Waals surface area contributed by atoms with Crippen LogP contribution in [0.3, 0.4) is 0 Å². The monoisotopic (exact) mass is 411 g/mol. The number of carbonyl (C=O) groups excluding carboxylic acids is 1. The number of anilines is 1. The van der Waals surface area contributed by atoms with E-state index in [4.69, 9.17) is 0 Å². The first-order valence-electron chi connectivity index (χ1n) is 9.97. The van der Waals surface area contributed by atoms with E-state index in [9.17, 15) is 9.59 Å². The highest BCUT2D eigenvalue weighted by Crippen LogP contribution is 2.26. The summed E-state index contributed by atoms with van der Waals surface area (Å²) in [6, 6.07) is 3.98. The SMILES string of the molecule is Cc1c(C(=O)NCc2ccnc(N3CCCCCC3)c2)sc2ncn(C)c(=O)c12. The Bertz CT molecular complexity index is 1100. The molecule has 8 heteroatoms. The van der Waals surface area contributed by atoms with Crippen LogP contribution < -0.4 is 15.8 Å². The van der Waals surface area contributed by atoms with Gasteiger partial charge in [0.2, 0.25) is 0 Å². The molecule has 29 heavy (non-hydrogen) atoms. The molecule has 1 aliphatic rings. The van der Waals surface area contributed by atoms with Gasteiger partial charge in [-0.25, -0.2) is 9.97 Å².